The monoisotopic (exact) mass is 355 g/mol. The Hall–Kier alpha value is -3.03. The van der Waals surface area contributed by atoms with Gasteiger partial charge in [-0.05, 0) is 25.0 Å². The summed E-state index contributed by atoms with van der Waals surface area (Å²) in [4.78, 5) is 48.8. The van der Waals surface area contributed by atoms with Gasteiger partial charge in [0.05, 0.1) is 12.2 Å². The van der Waals surface area contributed by atoms with Crippen LogP contribution in [-0.2, 0) is 22.6 Å². The van der Waals surface area contributed by atoms with Gasteiger partial charge in [-0.2, -0.15) is 0 Å². The molecule has 1 aliphatic rings. The molecule has 26 heavy (non-hydrogen) atoms. The zero-order chi connectivity index (χ0) is 18.5. The Morgan fingerprint density at radius 2 is 2.19 bits per heavy atom. The highest BCUT2D eigenvalue weighted by Crippen LogP contribution is 2.18. The summed E-state index contributed by atoms with van der Waals surface area (Å²) >= 11 is 0. The smallest absolute Gasteiger partial charge is 0.254 e. The Bertz CT molecular complexity index is 863. The van der Waals surface area contributed by atoms with E-state index in [1.165, 1.54) is 6.92 Å². The van der Waals surface area contributed by atoms with Crippen molar-refractivity contribution < 1.29 is 9.59 Å². The van der Waals surface area contributed by atoms with Crippen LogP contribution < -0.4 is 10.9 Å². The fraction of sp³-hybridized carbons (Fsp3) is 0.389. The Morgan fingerprint density at radius 3 is 2.92 bits per heavy atom. The summed E-state index contributed by atoms with van der Waals surface area (Å²) in [5.74, 6) is 0.312. The maximum Gasteiger partial charge on any atom is 0.254 e. The van der Waals surface area contributed by atoms with Crippen molar-refractivity contribution in [3.05, 3.63) is 46.0 Å². The average Bonchev–Trinajstić information content (AvgIpc) is 2.65. The number of hydrogen-bond acceptors (Lipinski definition) is 5. The molecule has 136 valence electrons. The molecule has 1 aliphatic heterocycles. The third-order valence-corrected chi connectivity index (χ3v) is 4.28. The van der Waals surface area contributed by atoms with Crippen LogP contribution in [0.1, 0.15) is 31.0 Å². The van der Waals surface area contributed by atoms with E-state index in [-0.39, 0.29) is 17.4 Å². The van der Waals surface area contributed by atoms with E-state index in [0.29, 0.717) is 61.7 Å². The number of nitrogens with zero attached hydrogens (tertiary/aromatic N) is 3. The van der Waals surface area contributed by atoms with E-state index in [2.05, 4.69) is 20.3 Å². The molecule has 0 unspecified atom stereocenters. The fourth-order valence-electron chi connectivity index (χ4n) is 2.94. The number of hydrogen-bond donors (Lipinski definition) is 2. The van der Waals surface area contributed by atoms with Crippen molar-refractivity contribution in [3.63, 3.8) is 0 Å². The molecule has 2 N–H and O–H groups in total. The number of aromatic nitrogens is 3. The van der Waals surface area contributed by atoms with Crippen molar-refractivity contribution in [2.24, 2.45) is 0 Å². The summed E-state index contributed by atoms with van der Waals surface area (Å²) in [7, 11) is 0. The molecule has 0 fully saturated rings. The normalized spacial score (nSPS) is 13.2. The van der Waals surface area contributed by atoms with Crippen LogP contribution >= 0.6 is 0 Å². The molecule has 8 nitrogen and oxygen atoms in total. The summed E-state index contributed by atoms with van der Waals surface area (Å²) in [5.41, 5.74) is 1.67. The molecular weight excluding hydrogens is 334 g/mol. The predicted molar refractivity (Wildman–Crippen MR) is 95.1 cm³/mol. The minimum Gasteiger partial charge on any atom is -0.356 e. The van der Waals surface area contributed by atoms with E-state index in [9.17, 15) is 14.4 Å². The largest absolute Gasteiger partial charge is 0.356 e. The Morgan fingerprint density at radius 1 is 1.35 bits per heavy atom. The first-order valence-electron chi connectivity index (χ1n) is 8.60. The van der Waals surface area contributed by atoms with Crippen LogP contribution in [0.3, 0.4) is 0 Å². The first-order chi connectivity index (χ1) is 12.5. The summed E-state index contributed by atoms with van der Waals surface area (Å²) in [5, 5.41) is 2.68. The van der Waals surface area contributed by atoms with E-state index in [1.807, 2.05) is 6.07 Å². The second-order valence-electron chi connectivity index (χ2n) is 6.21. The molecule has 0 radical (unpaired) electrons. The minimum atomic E-state index is -0.173. The summed E-state index contributed by atoms with van der Waals surface area (Å²) in [6.45, 7) is 2.75. The Balaban J connectivity index is 1.71. The highest BCUT2D eigenvalue weighted by Gasteiger charge is 2.24. The average molecular weight is 355 g/mol. The lowest BCUT2D eigenvalue weighted by molar-refractivity contribution is -0.132. The number of carbonyl (C=O) groups is 2. The van der Waals surface area contributed by atoms with Crippen LogP contribution in [0.5, 0.6) is 0 Å². The number of H-pyrrole nitrogens is 1. The quantitative estimate of drug-likeness (QED) is 0.765. The number of pyridine rings is 1. The molecule has 2 aromatic heterocycles. The minimum absolute atomic E-state index is 0.00229. The fourth-order valence-corrected chi connectivity index (χ4v) is 2.94. The van der Waals surface area contributed by atoms with E-state index >= 15 is 0 Å². The van der Waals surface area contributed by atoms with Crippen LogP contribution in [-0.4, -0.2) is 44.8 Å². The topological polar surface area (TPSA) is 108 Å². The van der Waals surface area contributed by atoms with Crippen LogP contribution in [0.15, 0.2) is 29.2 Å². The summed E-state index contributed by atoms with van der Waals surface area (Å²) in [6, 6.07) is 5.40. The Labute approximate surface area is 150 Å². The lowest BCUT2D eigenvalue weighted by Gasteiger charge is -2.28. The number of carbonyl (C=O) groups excluding carboxylic acids is 2. The first-order valence-corrected chi connectivity index (χ1v) is 8.60. The molecule has 0 saturated heterocycles. The highest BCUT2D eigenvalue weighted by atomic mass is 16.2. The van der Waals surface area contributed by atoms with Crippen LogP contribution in [0.4, 0.5) is 0 Å². The van der Waals surface area contributed by atoms with Crippen molar-refractivity contribution in [2.45, 2.75) is 32.7 Å². The zero-order valence-corrected chi connectivity index (χ0v) is 14.6. The van der Waals surface area contributed by atoms with Gasteiger partial charge in [-0.15, -0.1) is 0 Å². The van der Waals surface area contributed by atoms with Gasteiger partial charge in [-0.25, -0.2) is 4.98 Å². The van der Waals surface area contributed by atoms with Crippen LogP contribution in [0.25, 0.3) is 11.5 Å². The van der Waals surface area contributed by atoms with E-state index in [4.69, 9.17) is 0 Å². The molecule has 0 atom stereocenters. The lowest BCUT2D eigenvalue weighted by Crippen LogP contribution is -2.39. The molecule has 0 saturated carbocycles. The van der Waals surface area contributed by atoms with E-state index < -0.39 is 0 Å². The third kappa shape index (κ3) is 4.14. The second kappa shape index (κ2) is 7.90. The summed E-state index contributed by atoms with van der Waals surface area (Å²) < 4.78 is 0. The second-order valence-corrected chi connectivity index (χ2v) is 6.21. The van der Waals surface area contributed by atoms with Gasteiger partial charge in [0.25, 0.3) is 5.56 Å². The molecule has 2 aromatic rings. The molecule has 3 rings (SSSR count). The maximum absolute atomic E-state index is 12.4. The standard InChI is InChI=1S/C18H21N5O3/c1-12(24)19-9-4-6-16(25)23-10-7-13-15(11-23)21-17(22-18(13)26)14-5-2-3-8-20-14/h2-3,5,8H,4,6-7,9-11H2,1H3,(H,19,24)(H,21,22,26). The van der Waals surface area contributed by atoms with Crippen molar-refractivity contribution in [1.29, 1.82) is 0 Å². The molecule has 0 aliphatic carbocycles. The highest BCUT2D eigenvalue weighted by molar-refractivity contribution is 5.76. The maximum atomic E-state index is 12.4. The third-order valence-electron chi connectivity index (χ3n) is 4.28. The van der Waals surface area contributed by atoms with Crippen LogP contribution in [0, 0.1) is 0 Å². The molecule has 0 spiro atoms. The number of amides is 2. The van der Waals surface area contributed by atoms with Gasteiger partial charge >= 0.3 is 0 Å². The molecule has 8 heteroatoms. The van der Waals surface area contributed by atoms with Gasteiger partial charge in [-0.1, -0.05) is 6.07 Å². The van der Waals surface area contributed by atoms with Crippen molar-refractivity contribution in [3.8, 4) is 11.5 Å². The molecule has 3 heterocycles. The zero-order valence-electron chi connectivity index (χ0n) is 14.6. The molecule has 0 aromatic carbocycles. The molecule has 2 amide bonds. The number of rotatable bonds is 5. The first kappa shape index (κ1) is 17.8. The molecule has 0 bridgehead atoms. The SMILES string of the molecule is CC(=O)NCCCC(=O)N1CCc2c(nc(-c3ccccn3)[nH]c2=O)C1. The number of aromatic amines is 1. The van der Waals surface area contributed by atoms with Crippen molar-refractivity contribution >= 4 is 11.8 Å². The van der Waals surface area contributed by atoms with Gasteiger partial charge in [0.15, 0.2) is 5.82 Å². The molecular formula is C18H21N5O3. The van der Waals surface area contributed by atoms with Gasteiger partial charge in [0.1, 0.15) is 5.69 Å². The van der Waals surface area contributed by atoms with Gasteiger partial charge in [0, 0.05) is 38.2 Å². The Kier molecular flexibility index (Phi) is 5.40. The van der Waals surface area contributed by atoms with Crippen molar-refractivity contribution in [2.75, 3.05) is 13.1 Å². The lowest BCUT2D eigenvalue weighted by atomic mass is 10.1. The van der Waals surface area contributed by atoms with Crippen LogP contribution in [0.2, 0.25) is 0 Å². The van der Waals surface area contributed by atoms with E-state index in [1.54, 1.807) is 23.2 Å². The van der Waals surface area contributed by atoms with Gasteiger partial charge < -0.3 is 15.2 Å². The van der Waals surface area contributed by atoms with Gasteiger partial charge in [0.2, 0.25) is 11.8 Å². The predicted octanol–water partition coefficient (Wildman–Crippen LogP) is 0.633. The van der Waals surface area contributed by atoms with Gasteiger partial charge in [-0.3, -0.25) is 19.4 Å². The summed E-state index contributed by atoms with van der Waals surface area (Å²) in [6.07, 6.45) is 3.06. The van der Waals surface area contributed by atoms with Crippen molar-refractivity contribution in [1.82, 2.24) is 25.2 Å². The van der Waals surface area contributed by atoms with E-state index in [0.717, 1.165) is 0 Å². The number of fused-ring (bicyclic) bond motifs is 1. The number of nitrogens with one attached hydrogen (secondary N) is 2.